The van der Waals surface area contributed by atoms with Crippen LogP contribution in [0.2, 0.25) is 0 Å². The Morgan fingerprint density at radius 3 is 0.704 bits per heavy atom. The maximum atomic E-state index is 12.9. The molecular formula is C75H142O6. The van der Waals surface area contributed by atoms with E-state index in [9.17, 15) is 14.4 Å². The number of hydrogen-bond acceptors (Lipinski definition) is 6. The van der Waals surface area contributed by atoms with Gasteiger partial charge in [0.1, 0.15) is 13.2 Å². The summed E-state index contributed by atoms with van der Waals surface area (Å²) in [4.78, 5) is 38.4. The van der Waals surface area contributed by atoms with Crippen LogP contribution in [0.3, 0.4) is 0 Å². The van der Waals surface area contributed by atoms with Crippen LogP contribution in [0.4, 0.5) is 0 Å². The average molecular weight is 1140 g/mol. The van der Waals surface area contributed by atoms with Gasteiger partial charge in [0, 0.05) is 19.3 Å². The number of hydrogen-bond donors (Lipinski definition) is 0. The standard InChI is InChI=1S/C75H142O6/c1-4-7-10-13-16-19-22-25-28-30-31-32-33-34-35-36-37-38-39-40-41-42-43-45-47-50-53-56-59-62-65-68-74(77)80-71-72(70-79-73(76)67-64-61-58-55-52-49-46-27-24-21-18-15-12-9-6-3)81-75(78)69-66-63-60-57-54-51-48-44-29-26-23-20-17-14-11-8-5-2/h18,21,27,46,72H,4-17,19-20,22-26,28-45,47-71H2,1-3H3/b21-18-,46-27-. The van der Waals surface area contributed by atoms with E-state index in [1.807, 2.05) is 0 Å². The molecule has 0 aliphatic carbocycles. The third-order valence-corrected chi connectivity index (χ3v) is 17.0. The number of esters is 3. The molecule has 0 spiro atoms. The van der Waals surface area contributed by atoms with Crippen molar-refractivity contribution >= 4 is 17.9 Å². The summed E-state index contributed by atoms with van der Waals surface area (Å²) < 4.78 is 17.0. The Morgan fingerprint density at radius 1 is 0.247 bits per heavy atom. The number of ether oxygens (including phenoxy) is 3. The minimum absolute atomic E-state index is 0.0692. The van der Waals surface area contributed by atoms with Gasteiger partial charge >= 0.3 is 17.9 Å². The third kappa shape index (κ3) is 68.6. The molecule has 0 aromatic carbocycles. The van der Waals surface area contributed by atoms with Gasteiger partial charge < -0.3 is 14.2 Å². The van der Waals surface area contributed by atoms with Crippen LogP contribution < -0.4 is 0 Å². The lowest BCUT2D eigenvalue weighted by Gasteiger charge is -2.18. The van der Waals surface area contributed by atoms with E-state index in [4.69, 9.17) is 14.2 Å². The number of carbonyl (C=O) groups is 3. The first-order valence-corrected chi connectivity index (χ1v) is 36.8. The van der Waals surface area contributed by atoms with E-state index in [1.54, 1.807) is 0 Å². The first kappa shape index (κ1) is 78.9. The molecule has 81 heavy (non-hydrogen) atoms. The molecule has 0 heterocycles. The molecule has 0 N–H and O–H groups in total. The maximum absolute atomic E-state index is 12.9. The van der Waals surface area contributed by atoms with E-state index in [-0.39, 0.29) is 31.1 Å². The zero-order chi connectivity index (χ0) is 58.5. The van der Waals surface area contributed by atoms with E-state index in [0.717, 1.165) is 77.0 Å². The Labute approximate surface area is 506 Å². The van der Waals surface area contributed by atoms with E-state index in [0.29, 0.717) is 19.3 Å². The summed E-state index contributed by atoms with van der Waals surface area (Å²) in [6.45, 7) is 6.69. The molecule has 0 fully saturated rings. The van der Waals surface area contributed by atoms with E-state index < -0.39 is 6.10 Å². The monoisotopic (exact) mass is 1140 g/mol. The molecule has 0 aromatic heterocycles. The van der Waals surface area contributed by atoms with E-state index in [1.165, 1.54) is 302 Å². The summed E-state index contributed by atoms with van der Waals surface area (Å²) in [7, 11) is 0. The summed E-state index contributed by atoms with van der Waals surface area (Å²) in [5.74, 6) is -0.850. The van der Waals surface area contributed by atoms with Crippen molar-refractivity contribution in [1.29, 1.82) is 0 Å². The predicted molar refractivity (Wildman–Crippen MR) is 353 cm³/mol. The topological polar surface area (TPSA) is 78.9 Å². The largest absolute Gasteiger partial charge is 0.462 e. The van der Waals surface area contributed by atoms with Crippen molar-refractivity contribution in [3.05, 3.63) is 24.3 Å². The lowest BCUT2D eigenvalue weighted by Crippen LogP contribution is -2.30. The molecule has 1 atom stereocenters. The van der Waals surface area contributed by atoms with Gasteiger partial charge in [-0.05, 0) is 51.4 Å². The van der Waals surface area contributed by atoms with Crippen molar-refractivity contribution in [2.45, 2.75) is 425 Å². The summed E-state index contributed by atoms with van der Waals surface area (Å²) in [5, 5.41) is 0. The van der Waals surface area contributed by atoms with Crippen molar-refractivity contribution in [2.24, 2.45) is 0 Å². The SMILES string of the molecule is CCCCC/C=C\C/C=C\CCCCCCCC(=O)OCC(COC(=O)CCCCCCCCCCCCCCCCCCCCCCCCCCCCCCCCC)OC(=O)CCCCCCCCCCCCCCCCCCC. The van der Waals surface area contributed by atoms with Crippen LogP contribution >= 0.6 is 0 Å². The Morgan fingerprint density at radius 2 is 0.444 bits per heavy atom. The van der Waals surface area contributed by atoms with Crippen LogP contribution in [0.5, 0.6) is 0 Å². The summed E-state index contributed by atoms with van der Waals surface area (Å²) >= 11 is 0. The number of carbonyl (C=O) groups excluding carboxylic acids is 3. The van der Waals surface area contributed by atoms with Crippen molar-refractivity contribution < 1.29 is 28.6 Å². The second kappa shape index (κ2) is 70.4. The highest BCUT2D eigenvalue weighted by molar-refractivity contribution is 5.71. The van der Waals surface area contributed by atoms with Crippen LogP contribution in [-0.4, -0.2) is 37.2 Å². The lowest BCUT2D eigenvalue weighted by molar-refractivity contribution is -0.167. The number of unbranched alkanes of at least 4 members (excludes halogenated alkanes) is 54. The quantitative estimate of drug-likeness (QED) is 0.0261. The van der Waals surface area contributed by atoms with Gasteiger partial charge in [0.15, 0.2) is 6.10 Å². The van der Waals surface area contributed by atoms with E-state index >= 15 is 0 Å². The molecule has 0 saturated carbocycles. The fourth-order valence-electron chi connectivity index (χ4n) is 11.4. The van der Waals surface area contributed by atoms with Crippen molar-refractivity contribution in [1.82, 2.24) is 0 Å². The minimum Gasteiger partial charge on any atom is -0.462 e. The highest BCUT2D eigenvalue weighted by atomic mass is 16.6. The Bertz CT molecular complexity index is 1310. The lowest BCUT2D eigenvalue weighted by atomic mass is 10.0. The first-order valence-electron chi connectivity index (χ1n) is 36.8. The Hall–Kier alpha value is -2.11. The zero-order valence-corrected chi connectivity index (χ0v) is 55.1. The van der Waals surface area contributed by atoms with Gasteiger partial charge in [-0.15, -0.1) is 0 Å². The molecule has 6 nitrogen and oxygen atoms in total. The molecule has 478 valence electrons. The smallest absolute Gasteiger partial charge is 0.306 e. The van der Waals surface area contributed by atoms with Gasteiger partial charge in [0.2, 0.25) is 0 Å². The number of allylic oxidation sites excluding steroid dienone is 4. The van der Waals surface area contributed by atoms with Crippen molar-refractivity contribution in [2.75, 3.05) is 13.2 Å². The summed E-state index contributed by atoms with van der Waals surface area (Å²) in [6.07, 6.45) is 86.6. The molecule has 0 aliphatic rings. The van der Waals surface area contributed by atoms with Gasteiger partial charge in [-0.2, -0.15) is 0 Å². The normalized spacial score (nSPS) is 12.1. The van der Waals surface area contributed by atoms with Crippen LogP contribution in [0, 0.1) is 0 Å². The van der Waals surface area contributed by atoms with E-state index in [2.05, 4.69) is 45.1 Å². The van der Waals surface area contributed by atoms with Gasteiger partial charge in [0.25, 0.3) is 0 Å². The Kier molecular flexibility index (Phi) is 68.5. The summed E-state index contributed by atoms with van der Waals surface area (Å²) in [6, 6.07) is 0. The maximum Gasteiger partial charge on any atom is 0.306 e. The second-order valence-corrected chi connectivity index (χ2v) is 25.2. The molecule has 0 amide bonds. The predicted octanol–water partition coefficient (Wildman–Crippen LogP) is 25.3. The molecule has 0 aromatic rings. The van der Waals surface area contributed by atoms with Crippen LogP contribution in [-0.2, 0) is 28.6 Å². The fraction of sp³-hybridized carbons (Fsp3) is 0.907. The van der Waals surface area contributed by atoms with Crippen LogP contribution in [0.1, 0.15) is 419 Å². The Balaban J connectivity index is 4.14. The highest BCUT2D eigenvalue weighted by Crippen LogP contribution is 2.19. The minimum atomic E-state index is -0.774. The molecule has 0 bridgehead atoms. The van der Waals surface area contributed by atoms with Crippen LogP contribution in [0.15, 0.2) is 24.3 Å². The van der Waals surface area contributed by atoms with Crippen molar-refractivity contribution in [3.63, 3.8) is 0 Å². The van der Waals surface area contributed by atoms with Crippen molar-refractivity contribution in [3.8, 4) is 0 Å². The van der Waals surface area contributed by atoms with Crippen LogP contribution in [0.25, 0.3) is 0 Å². The average Bonchev–Trinajstić information content (AvgIpc) is 3.47. The second-order valence-electron chi connectivity index (χ2n) is 25.2. The zero-order valence-electron chi connectivity index (χ0n) is 55.1. The van der Waals surface area contributed by atoms with Gasteiger partial charge in [0.05, 0.1) is 0 Å². The third-order valence-electron chi connectivity index (χ3n) is 17.0. The summed E-state index contributed by atoms with van der Waals surface area (Å²) in [5.41, 5.74) is 0. The first-order chi connectivity index (χ1) is 40.0. The molecule has 0 radical (unpaired) electrons. The number of rotatable bonds is 69. The molecule has 1 unspecified atom stereocenters. The molecule has 0 rings (SSSR count). The fourth-order valence-corrected chi connectivity index (χ4v) is 11.4. The van der Waals surface area contributed by atoms with Gasteiger partial charge in [-0.1, -0.05) is 373 Å². The van der Waals surface area contributed by atoms with Gasteiger partial charge in [-0.25, -0.2) is 0 Å². The molecular weight excluding hydrogens is 997 g/mol. The highest BCUT2D eigenvalue weighted by Gasteiger charge is 2.20. The molecule has 0 aliphatic heterocycles. The molecule has 0 saturated heterocycles. The molecule has 6 heteroatoms. The van der Waals surface area contributed by atoms with Gasteiger partial charge in [-0.3, -0.25) is 14.4 Å².